The number of ether oxygens (including phenoxy) is 1. The van der Waals surface area contributed by atoms with Gasteiger partial charge in [-0.05, 0) is 57.5 Å². The Kier molecular flexibility index (Phi) is 5.02. The van der Waals surface area contributed by atoms with Crippen LogP contribution in [0.5, 0.6) is 0 Å². The van der Waals surface area contributed by atoms with Gasteiger partial charge in [0, 0.05) is 24.8 Å². The summed E-state index contributed by atoms with van der Waals surface area (Å²) in [7, 11) is 2.17. The van der Waals surface area contributed by atoms with Crippen LogP contribution in [0.15, 0.2) is 41.1 Å². The molecule has 2 fully saturated rings. The van der Waals surface area contributed by atoms with E-state index in [1.54, 1.807) is 12.5 Å². The van der Waals surface area contributed by atoms with Gasteiger partial charge < -0.3 is 14.1 Å². The molecular weight excluding hydrogens is 342 g/mol. The first kappa shape index (κ1) is 18.2. The molecule has 1 unspecified atom stereocenters. The van der Waals surface area contributed by atoms with Crippen LogP contribution >= 0.6 is 0 Å². The van der Waals surface area contributed by atoms with Gasteiger partial charge in [0.15, 0.2) is 5.76 Å². The van der Waals surface area contributed by atoms with Gasteiger partial charge in [0.25, 0.3) is 5.91 Å². The van der Waals surface area contributed by atoms with Crippen molar-refractivity contribution in [1.29, 1.82) is 0 Å². The fourth-order valence-corrected chi connectivity index (χ4v) is 4.28. The number of aromatic nitrogens is 1. The zero-order valence-electron chi connectivity index (χ0n) is 16.1. The zero-order chi connectivity index (χ0) is 18.9. The molecule has 2 aliphatic heterocycles. The van der Waals surface area contributed by atoms with Crippen molar-refractivity contribution in [3.8, 4) is 0 Å². The van der Waals surface area contributed by atoms with E-state index in [4.69, 9.17) is 9.15 Å². The van der Waals surface area contributed by atoms with E-state index in [-0.39, 0.29) is 11.4 Å². The molecule has 2 aliphatic rings. The SMILES string of the molecule is Cc1ccoc1C(=O)N1CC2(CC(COCc3ccccn3)CCN2C)C1. The summed E-state index contributed by atoms with van der Waals surface area (Å²) >= 11 is 0. The average Bonchev–Trinajstić information content (AvgIpc) is 3.07. The Labute approximate surface area is 160 Å². The zero-order valence-corrected chi connectivity index (χ0v) is 16.1. The fraction of sp³-hybridized carbons (Fsp3) is 0.524. The van der Waals surface area contributed by atoms with Gasteiger partial charge in [-0.3, -0.25) is 14.7 Å². The standard InChI is InChI=1S/C21H27N3O3/c1-16-7-10-27-19(16)20(25)24-14-21(15-24)11-17(6-9-23(21)2)12-26-13-18-5-3-4-8-22-18/h3-5,7-8,10,17H,6,9,11-15H2,1-2H3. The van der Waals surface area contributed by atoms with Crippen LogP contribution < -0.4 is 0 Å². The molecule has 0 saturated carbocycles. The first-order valence-corrected chi connectivity index (χ1v) is 9.60. The van der Waals surface area contributed by atoms with Crippen molar-refractivity contribution in [3.63, 3.8) is 0 Å². The van der Waals surface area contributed by atoms with Crippen molar-refractivity contribution in [2.24, 2.45) is 5.92 Å². The summed E-state index contributed by atoms with van der Waals surface area (Å²) in [5, 5.41) is 0. The highest BCUT2D eigenvalue weighted by molar-refractivity contribution is 5.93. The Balaban J connectivity index is 1.31. The quantitative estimate of drug-likeness (QED) is 0.811. The summed E-state index contributed by atoms with van der Waals surface area (Å²) < 4.78 is 11.3. The largest absolute Gasteiger partial charge is 0.459 e. The molecule has 27 heavy (non-hydrogen) atoms. The minimum atomic E-state index is 0.00468. The molecule has 2 aromatic heterocycles. The maximum atomic E-state index is 12.6. The highest BCUT2D eigenvalue weighted by atomic mass is 16.5. The Morgan fingerprint density at radius 1 is 1.37 bits per heavy atom. The number of furan rings is 1. The van der Waals surface area contributed by atoms with Gasteiger partial charge in [-0.1, -0.05) is 6.07 Å². The first-order valence-electron chi connectivity index (χ1n) is 9.60. The molecular formula is C21H27N3O3. The number of likely N-dealkylation sites (tertiary alicyclic amines) is 2. The van der Waals surface area contributed by atoms with E-state index < -0.39 is 0 Å². The summed E-state index contributed by atoms with van der Waals surface area (Å²) in [5.41, 5.74) is 1.95. The molecule has 6 heteroatoms. The molecule has 0 radical (unpaired) electrons. The number of carbonyl (C=O) groups excluding carboxylic acids is 1. The van der Waals surface area contributed by atoms with Gasteiger partial charge in [-0.2, -0.15) is 0 Å². The lowest BCUT2D eigenvalue weighted by molar-refractivity contribution is -0.0776. The van der Waals surface area contributed by atoms with Crippen LogP contribution in [0, 0.1) is 12.8 Å². The number of piperidine rings is 1. The van der Waals surface area contributed by atoms with Crippen LogP contribution in [0.3, 0.4) is 0 Å². The van der Waals surface area contributed by atoms with E-state index in [1.165, 1.54) is 0 Å². The number of nitrogens with zero attached hydrogens (tertiary/aromatic N) is 3. The summed E-state index contributed by atoms with van der Waals surface area (Å²) in [5.74, 6) is 0.996. The van der Waals surface area contributed by atoms with Crippen molar-refractivity contribution < 1.29 is 13.9 Å². The van der Waals surface area contributed by atoms with Crippen molar-refractivity contribution in [3.05, 3.63) is 53.7 Å². The maximum Gasteiger partial charge on any atom is 0.289 e. The number of hydrogen-bond donors (Lipinski definition) is 0. The number of rotatable bonds is 5. The Hall–Kier alpha value is -2.18. The molecule has 6 nitrogen and oxygen atoms in total. The molecule has 1 amide bonds. The fourth-order valence-electron chi connectivity index (χ4n) is 4.28. The molecule has 1 spiro atoms. The molecule has 4 rings (SSSR count). The third kappa shape index (κ3) is 3.64. The van der Waals surface area contributed by atoms with E-state index in [9.17, 15) is 4.79 Å². The van der Waals surface area contributed by atoms with E-state index in [0.717, 1.165) is 50.3 Å². The molecule has 2 saturated heterocycles. The van der Waals surface area contributed by atoms with Crippen LogP contribution in [-0.2, 0) is 11.3 Å². The minimum Gasteiger partial charge on any atom is -0.459 e. The highest BCUT2D eigenvalue weighted by Crippen LogP contribution is 2.39. The summed E-state index contributed by atoms with van der Waals surface area (Å²) in [4.78, 5) is 21.3. The summed E-state index contributed by atoms with van der Waals surface area (Å²) in [6.07, 6.45) is 5.57. The van der Waals surface area contributed by atoms with Crippen molar-refractivity contribution in [2.45, 2.75) is 31.9 Å². The number of carbonyl (C=O) groups is 1. The number of aryl methyl sites for hydroxylation is 1. The second kappa shape index (κ2) is 7.44. The van der Waals surface area contributed by atoms with Gasteiger partial charge in [-0.15, -0.1) is 0 Å². The number of hydrogen-bond acceptors (Lipinski definition) is 5. The Morgan fingerprint density at radius 3 is 2.93 bits per heavy atom. The Bertz CT molecular complexity index is 783. The molecule has 4 heterocycles. The average molecular weight is 369 g/mol. The lowest BCUT2D eigenvalue weighted by atomic mass is 9.75. The van der Waals surface area contributed by atoms with E-state index in [1.807, 2.05) is 36.1 Å². The van der Waals surface area contributed by atoms with E-state index >= 15 is 0 Å². The monoisotopic (exact) mass is 369 g/mol. The van der Waals surface area contributed by atoms with Crippen molar-refractivity contribution >= 4 is 5.91 Å². The lowest BCUT2D eigenvalue weighted by Gasteiger charge is -2.58. The van der Waals surface area contributed by atoms with Crippen LogP contribution in [0.2, 0.25) is 0 Å². The second-order valence-corrected chi connectivity index (χ2v) is 7.93. The molecule has 0 aromatic carbocycles. The first-order chi connectivity index (χ1) is 13.1. The minimum absolute atomic E-state index is 0.00468. The summed E-state index contributed by atoms with van der Waals surface area (Å²) in [6.45, 7) is 5.78. The van der Waals surface area contributed by atoms with Crippen LogP contribution in [-0.4, -0.2) is 59.5 Å². The predicted molar refractivity (Wildman–Crippen MR) is 101 cm³/mol. The molecule has 2 aromatic rings. The third-order valence-electron chi connectivity index (χ3n) is 5.99. The van der Waals surface area contributed by atoms with E-state index in [0.29, 0.717) is 18.3 Å². The van der Waals surface area contributed by atoms with Crippen molar-refractivity contribution in [1.82, 2.24) is 14.8 Å². The summed E-state index contributed by atoms with van der Waals surface area (Å²) in [6, 6.07) is 7.72. The number of likely N-dealkylation sites (N-methyl/N-ethyl adjacent to an activating group) is 1. The molecule has 0 N–H and O–H groups in total. The smallest absolute Gasteiger partial charge is 0.289 e. The molecule has 0 bridgehead atoms. The second-order valence-electron chi connectivity index (χ2n) is 7.93. The molecule has 144 valence electrons. The van der Waals surface area contributed by atoms with Gasteiger partial charge in [-0.25, -0.2) is 0 Å². The van der Waals surface area contributed by atoms with Crippen LogP contribution in [0.4, 0.5) is 0 Å². The molecule has 1 atom stereocenters. The van der Waals surface area contributed by atoms with Gasteiger partial charge in [0.05, 0.1) is 30.7 Å². The van der Waals surface area contributed by atoms with E-state index in [2.05, 4.69) is 16.9 Å². The van der Waals surface area contributed by atoms with Gasteiger partial charge in [0.1, 0.15) is 0 Å². The topological polar surface area (TPSA) is 58.8 Å². The van der Waals surface area contributed by atoms with Crippen LogP contribution in [0.1, 0.15) is 34.7 Å². The highest BCUT2D eigenvalue weighted by Gasteiger charge is 2.51. The van der Waals surface area contributed by atoms with Crippen LogP contribution in [0.25, 0.3) is 0 Å². The third-order valence-corrected chi connectivity index (χ3v) is 5.99. The van der Waals surface area contributed by atoms with Gasteiger partial charge in [0.2, 0.25) is 0 Å². The number of amides is 1. The number of pyridine rings is 1. The molecule has 0 aliphatic carbocycles. The maximum absolute atomic E-state index is 12.6. The Morgan fingerprint density at radius 2 is 2.22 bits per heavy atom. The van der Waals surface area contributed by atoms with Crippen molar-refractivity contribution in [2.75, 3.05) is 33.3 Å². The normalized spacial score (nSPS) is 22.0. The predicted octanol–water partition coefficient (Wildman–Crippen LogP) is 2.74. The lowest BCUT2D eigenvalue weighted by Crippen LogP contribution is -2.72. The van der Waals surface area contributed by atoms with Gasteiger partial charge >= 0.3 is 0 Å².